The van der Waals surface area contributed by atoms with Crippen LogP contribution in [0.25, 0.3) is 0 Å². The van der Waals surface area contributed by atoms with Gasteiger partial charge in [0.1, 0.15) is 6.10 Å². The van der Waals surface area contributed by atoms with Crippen molar-refractivity contribution in [3.63, 3.8) is 0 Å². The summed E-state index contributed by atoms with van der Waals surface area (Å²) in [5.74, 6) is 0.808. The summed E-state index contributed by atoms with van der Waals surface area (Å²) in [6.07, 6.45) is 1.36. The average molecular weight is 426 g/mol. The predicted octanol–water partition coefficient (Wildman–Crippen LogP) is 6.83. The lowest BCUT2D eigenvalue weighted by atomic mass is 9.72. The van der Waals surface area contributed by atoms with Gasteiger partial charge in [0.25, 0.3) is 0 Å². The zero-order valence-electron chi connectivity index (χ0n) is 21.1. The number of aromatic nitrogens is 1. The van der Waals surface area contributed by atoms with Gasteiger partial charge in [-0.15, -0.1) is 0 Å². The van der Waals surface area contributed by atoms with E-state index < -0.39 is 12.2 Å². The van der Waals surface area contributed by atoms with Crippen molar-refractivity contribution in [2.24, 2.45) is 11.3 Å². The molecule has 0 bridgehead atoms. The maximum absolute atomic E-state index is 11.3. The molecule has 3 nitrogen and oxygen atoms in total. The zero-order chi connectivity index (χ0) is 23.5. The van der Waals surface area contributed by atoms with E-state index in [1.54, 1.807) is 0 Å². The van der Waals surface area contributed by atoms with Gasteiger partial charge < -0.3 is 10.2 Å². The molecule has 0 spiro atoms. The molecule has 0 fully saturated rings. The third-order valence-electron chi connectivity index (χ3n) is 6.14. The number of nitrogens with zero attached hydrogens (tertiary/aromatic N) is 1. The zero-order valence-corrected chi connectivity index (χ0v) is 21.1. The molecule has 1 aliphatic rings. The number of hydrogen-bond acceptors (Lipinski definition) is 3. The van der Waals surface area contributed by atoms with Crippen molar-refractivity contribution in [1.82, 2.24) is 4.98 Å². The third kappa shape index (κ3) is 5.75. The monoisotopic (exact) mass is 425 g/mol. The standard InChI is InChI=1S/C26H37NO2.C2H6/c1-15(2)12-18-8-10-19(11-9-18)25(29)23-17(5)22-20(27-24(23)16(3)4)13-26(6,7)14-21(22)28;1-2/h8-11,15-16,21,25,28-29H,12-14H2,1-7H3;1-2H3. The molecule has 2 atom stereocenters. The summed E-state index contributed by atoms with van der Waals surface area (Å²) in [6.45, 7) is 19.1. The number of fused-ring (bicyclic) bond motifs is 1. The van der Waals surface area contributed by atoms with Crippen LogP contribution in [-0.4, -0.2) is 15.2 Å². The Balaban J connectivity index is 0.00000166. The van der Waals surface area contributed by atoms with Crippen LogP contribution >= 0.6 is 0 Å². The van der Waals surface area contributed by atoms with E-state index >= 15 is 0 Å². The highest BCUT2D eigenvalue weighted by Gasteiger charge is 2.36. The van der Waals surface area contributed by atoms with Crippen LogP contribution in [0.4, 0.5) is 0 Å². The number of rotatable bonds is 5. The summed E-state index contributed by atoms with van der Waals surface area (Å²) in [7, 11) is 0. The van der Waals surface area contributed by atoms with Crippen LogP contribution in [0.3, 0.4) is 0 Å². The minimum absolute atomic E-state index is 0.0342. The number of benzene rings is 1. The van der Waals surface area contributed by atoms with Crippen LogP contribution in [0, 0.1) is 18.3 Å². The van der Waals surface area contributed by atoms with Gasteiger partial charge >= 0.3 is 0 Å². The van der Waals surface area contributed by atoms with Crippen molar-refractivity contribution >= 4 is 0 Å². The Hall–Kier alpha value is -1.71. The van der Waals surface area contributed by atoms with E-state index in [-0.39, 0.29) is 11.3 Å². The lowest BCUT2D eigenvalue weighted by molar-refractivity contribution is 0.0968. The van der Waals surface area contributed by atoms with Gasteiger partial charge in [-0.3, -0.25) is 4.98 Å². The fourth-order valence-electron chi connectivity index (χ4n) is 4.81. The summed E-state index contributed by atoms with van der Waals surface area (Å²) in [5.41, 5.74) is 6.96. The minimum Gasteiger partial charge on any atom is -0.388 e. The third-order valence-corrected chi connectivity index (χ3v) is 6.14. The quantitative estimate of drug-likeness (QED) is 0.552. The minimum atomic E-state index is -0.736. The SMILES string of the molecule is CC.Cc1c2c(nc(C(C)C)c1C(O)c1ccc(CC(C)C)cc1)CC(C)(C)CC2O. The number of aliphatic hydroxyl groups is 2. The molecule has 2 aromatic rings. The molecule has 1 aliphatic carbocycles. The maximum Gasteiger partial charge on any atom is 0.106 e. The van der Waals surface area contributed by atoms with Crippen LogP contribution in [0.2, 0.25) is 0 Å². The molecule has 0 amide bonds. The first-order chi connectivity index (χ1) is 14.5. The van der Waals surface area contributed by atoms with Crippen molar-refractivity contribution < 1.29 is 10.2 Å². The normalized spacial score (nSPS) is 18.4. The summed E-state index contributed by atoms with van der Waals surface area (Å²) in [6, 6.07) is 8.30. The van der Waals surface area contributed by atoms with E-state index in [1.807, 2.05) is 32.9 Å². The second-order valence-corrected chi connectivity index (χ2v) is 10.4. The first-order valence-electron chi connectivity index (χ1n) is 12.0. The molecule has 0 saturated carbocycles. The van der Waals surface area contributed by atoms with Gasteiger partial charge in [-0.05, 0) is 60.1 Å². The molecule has 3 heteroatoms. The summed E-state index contributed by atoms with van der Waals surface area (Å²) in [4.78, 5) is 5.00. The fraction of sp³-hybridized carbons (Fsp3) is 0.607. The Labute approximate surface area is 190 Å². The Bertz CT molecular complexity index is 866. The lowest BCUT2D eigenvalue weighted by Crippen LogP contribution is -2.29. The molecule has 31 heavy (non-hydrogen) atoms. The largest absolute Gasteiger partial charge is 0.388 e. The van der Waals surface area contributed by atoms with Crippen LogP contribution in [-0.2, 0) is 12.8 Å². The number of pyridine rings is 1. The molecular weight excluding hydrogens is 382 g/mol. The van der Waals surface area contributed by atoms with Gasteiger partial charge in [-0.2, -0.15) is 0 Å². The van der Waals surface area contributed by atoms with Crippen molar-refractivity contribution in [1.29, 1.82) is 0 Å². The molecule has 2 N–H and O–H groups in total. The molecule has 1 aromatic heterocycles. The molecule has 1 heterocycles. The summed E-state index contributed by atoms with van der Waals surface area (Å²) >= 11 is 0. The molecule has 0 aliphatic heterocycles. The van der Waals surface area contributed by atoms with E-state index in [0.717, 1.165) is 52.9 Å². The van der Waals surface area contributed by atoms with Crippen molar-refractivity contribution in [2.75, 3.05) is 0 Å². The van der Waals surface area contributed by atoms with Crippen LogP contribution < -0.4 is 0 Å². The van der Waals surface area contributed by atoms with Crippen LogP contribution in [0.15, 0.2) is 24.3 Å². The number of aliphatic hydroxyl groups excluding tert-OH is 2. The average Bonchev–Trinajstić information content (AvgIpc) is 2.67. The molecule has 0 saturated heterocycles. The highest BCUT2D eigenvalue weighted by molar-refractivity contribution is 5.47. The molecule has 3 rings (SSSR count). The molecule has 172 valence electrons. The highest BCUT2D eigenvalue weighted by atomic mass is 16.3. The van der Waals surface area contributed by atoms with E-state index in [9.17, 15) is 10.2 Å². The predicted molar refractivity (Wildman–Crippen MR) is 131 cm³/mol. The van der Waals surface area contributed by atoms with Gasteiger partial charge in [0.15, 0.2) is 0 Å². The van der Waals surface area contributed by atoms with Gasteiger partial charge in [0.2, 0.25) is 0 Å². The first kappa shape index (κ1) is 25.5. The van der Waals surface area contributed by atoms with E-state index in [2.05, 4.69) is 53.7 Å². The fourth-order valence-corrected chi connectivity index (χ4v) is 4.81. The maximum atomic E-state index is 11.3. The van der Waals surface area contributed by atoms with Crippen molar-refractivity contribution in [3.8, 4) is 0 Å². The Morgan fingerprint density at radius 3 is 2.16 bits per heavy atom. The van der Waals surface area contributed by atoms with Crippen molar-refractivity contribution in [2.45, 2.75) is 99.7 Å². The van der Waals surface area contributed by atoms with Gasteiger partial charge in [-0.25, -0.2) is 0 Å². The van der Waals surface area contributed by atoms with E-state index in [0.29, 0.717) is 5.92 Å². The molecular formula is C28H43NO2. The Morgan fingerprint density at radius 1 is 1.06 bits per heavy atom. The van der Waals surface area contributed by atoms with Gasteiger partial charge in [-0.1, -0.05) is 79.7 Å². The van der Waals surface area contributed by atoms with E-state index in [4.69, 9.17) is 4.98 Å². The Kier molecular flexibility index (Phi) is 8.47. The molecule has 0 radical (unpaired) electrons. The molecule has 1 aromatic carbocycles. The number of hydrogen-bond donors (Lipinski definition) is 2. The smallest absolute Gasteiger partial charge is 0.106 e. The lowest BCUT2D eigenvalue weighted by Gasteiger charge is -2.36. The van der Waals surface area contributed by atoms with Gasteiger partial charge in [0, 0.05) is 22.5 Å². The second kappa shape index (κ2) is 10.3. The topological polar surface area (TPSA) is 53.4 Å². The second-order valence-electron chi connectivity index (χ2n) is 10.4. The first-order valence-corrected chi connectivity index (χ1v) is 12.0. The van der Waals surface area contributed by atoms with Crippen LogP contribution in [0.1, 0.15) is 119 Å². The van der Waals surface area contributed by atoms with Gasteiger partial charge in [0.05, 0.1) is 6.10 Å². The molecule has 2 unspecified atom stereocenters. The summed E-state index contributed by atoms with van der Waals surface area (Å²) in [5, 5.41) is 22.2. The van der Waals surface area contributed by atoms with Crippen molar-refractivity contribution in [3.05, 3.63) is 63.5 Å². The highest BCUT2D eigenvalue weighted by Crippen LogP contribution is 2.44. The summed E-state index contributed by atoms with van der Waals surface area (Å²) < 4.78 is 0. The van der Waals surface area contributed by atoms with E-state index in [1.165, 1.54) is 5.56 Å². The Morgan fingerprint density at radius 2 is 1.65 bits per heavy atom. The van der Waals surface area contributed by atoms with Crippen LogP contribution in [0.5, 0.6) is 0 Å².